The summed E-state index contributed by atoms with van der Waals surface area (Å²) < 4.78 is 4.17. The Labute approximate surface area is 142 Å². The smallest absolute Gasteiger partial charge is 0.162 e. The molecule has 0 aliphatic heterocycles. The first-order valence-corrected chi connectivity index (χ1v) is 10.1. The van der Waals surface area contributed by atoms with Gasteiger partial charge >= 0.3 is 0 Å². The highest BCUT2D eigenvalue weighted by molar-refractivity contribution is 8.77. The Morgan fingerprint density at radius 2 is 1.18 bits per heavy atom. The van der Waals surface area contributed by atoms with Gasteiger partial charge in [-0.05, 0) is 45.9 Å². The number of para-hydroxylation sites is 2. The molecule has 0 radical (unpaired) electrons. The summed E-state index contributed by atoms with van der Waals surface area (Å²) in [5.74, 6) is 0. The van der Waals surface area contributed by atoms with Gasteiger partial charge in [0.1, 0.15) is 11.0 Å². The van der Waals surface area contributed by atoms with Crippen molar-refractivity contribution < 1.29 is 0 Å². The maximum absolute atomic E-state index is 5.95. The Morgan fingerprint density at radius 3 is 1.59 bits per heavy atom. The summed E-state index contributed by atoms with van der Waals surface area (Å²) in [6.07, 6.45) is 0. The predicted octanol–water partition coefficient (Wildman–Crippen LogP) is 4.87. The number of nitrogens with two attached hydrogens (primary N) is 2. The average Bonchev–Trinajstić information content (AvgIpc) is 3.10. The molecule has 0 saturated carbocycles. The molecule has 0 fully saturated rings. The van der Waals surface area contributed by atoms with Crippen LogP contribution in [-0.2, 0) is 0 Å². The minimum Gasteiger partial charge on any atom is -0.397 e. The Bertz CT molecular complexity index is 895. The van der Waals surface area contributed by atoms with Crippen molar-refractivity contribution in [1.29, 1.82) is 0 Å². The van der Waals surface area contributed by atoms with Gasteiger partial charge in [-0.2, -0.15) is 0 Å². The predicted molar refractivity (Wildman–Crippen MR) is 99.8 cm³/mol. The van der Waals surface area contributed by atoms with E-state index in [1.807, 2.05) is 36.4 Å². The minimum atomic E-state index is 0.721. The third kappa shape index (κ3) is 2.52. The Morgan fingerprint density at radius 1 is 0.727 bits per heavy atom. The first-order chi connectivity index (χ1) is 10.7. The van der Waals surface area contributed by atoms with Crippen LogP contribution in [0.4, 0.5) is 11.4 Å². The monoisotopic (exact) mass is 362 g/mol. The van der Waals surface area contributed by atoms with Crippen LogP contribution in [0.3, 0.4) is 0 Å². The van der Waals surface area contributed by atoms with Gasteiger partial charge in [0, 0.05) is 0 Å². The van der Waals surface area contributed by atoms with Gasteiger partial charge in [-0.3, -0.25) is 0 Å². The normalized spacial score (nSPS) is 11.5. The molecule has 22 heavy (non-hydrogen) atoms. The van der Waals surface area contributed by atoms with E-state index < -0.39 is 0 Å². The number of aromatic nitrogens is 2. The van der Waals surface area contributed by atoms with Crippen LogP contribution in [-0.4, -0.2) is 9.97 Å². The Kier molecular flexibility index (Phi) is 3.61. The van der Waals surface area contributed by atoms with Gasteiger partial charge in [-0.15, -0.1) is 22.7 Å². The quantitative estimate of drug-likeness (QED) is 0.400. The van der Waals surface area contributed by atoms with Crippen molar-refractivity contribution in [3.63, 3.8) is 0 Å². The van der Waals surface area contributed by atoms with Crippen molar-refractivity contribution in [2.24, 2.45) is 0 Å². The van der Waals surface area contributed by atoms with Crippen molar-refractivity contribution in [2.45, 2.75) is 8.68 Å². The van der Waals surface area contributed by atoms with Crippen molar-refractivity contribution in [3.8, 4) is 0 Å². The lowest BCUT2D eigenvalue weighted by Gasteiger charge is -1.92. The number of thiazole rings is 2. The van der Waals surface area contributed by atoms with Crippen molar-refractivity contribution in [3.05, 3.63) is 36.4 Å². The molecule has 2 heterocycles. The Balaban J connectivity index is 1.60. The third-order valence-corrected chi connectivity index (χ3v) is 8.06. The zero-order valence-corrected chi connectivity index (χ0v) is 14.4. The summed E-state index contributed by atoms with van der Waals surface area (Å²) >= 11 is 3.29. The van der Waals surface area contributed by atoms with Crippen LogP contribution in [0.2, 0.25) is 0 Å². The molecular weight excluding hydrogens is 352 g/mol. The SMILES string of the molecule is Nc1cccc2sc(SSc3nc4c(N)cccc4s3)nc12. The molecule has 0 aliphatic rings. The van der Waals surface area contributed by atoms with Gasteiger partial charge in [-0.25, -0.2) is 9.97 Å². The maximum atomic E-state index is 5.95. The summed E-state index contributed by atoms with van der Waals surface area (Å²) in [5, 5.41) is 0. The highest BCUT2D eigenvalue weighted by atomic mass is 33.1. The molecule has 2 aromatic carbocycles. The number of nitrogen functional groups attached to an aromatic ring is 2. The van der Waals surface area contributed by atoms with Crippen molar-refractivity contribution in [1.82, 2.24) is 9.97 Å². The highest BCUT2D eigenvalue weighted by Gasteiger charge is 2.11. The molecule has 0 bridgehead atoms. The number of nitrogens with zero attached hydrogens (tertiary/aromatic N) is 2. The van der Waals surface area contributed by atoms with E-state index >= 15 is 0 Å². The second kappa shape index (κ2) is 5.62. The second-order valence-electron chi connectivity index (χ2n) is 4.51. The highest BCUT2D eigenvalue weighted by Crippen LogP contribution is 2.44. The van der Waals surface area contributed by atoms with Crippen LogP contribution in [0, 0.1) is 0 Å². The summed E-state index contributed by atoms with van der Waals surface area (Å²) in [6, 6.07) is 11.7. The molecule has 8 heteroatoms. The van der Waals surface area contributed by atoms with Crippen LogP contribution in [0.25, 0.3) is 20.4 Å². The molecule has 110 valence electrons. The fraction of sp³-hybridized carbons (Fsp3) is 0. The molecule has 0 unspecified atom stereocenters. The van der Waals surface area contributed by atoms with Gasteiger partial charge in [0.2, 0.25) is 0 Å². The standard InChI is InChI=1S/C14H10N4S4/c15-7-3-1-5-9-11(7)17-13(19-9)21-22-14-18-12-8(16)4-2-6-10(12)20-14/h1-6H,15-16H2. The van der Waals surface area contributed by atoms with Gasteiger partial charge in [-0.1, -0.05) is 12.1 Å². The van der Waals surface area contributed by atoms with E-state index in [0.29, 0.717) is 0 Å². The fourth-order valence-corrected chi connectivity index (χ4v) is 6.59. The Hall–Kier alpha value is -1.48. The lowest BCUT2D eigenvalue weighted by molar-refractivity contribution is 1.31. The van der Waals surface area contributed by atoms with Gasteiger partial charge < -0.3 is 11.5 Å². The van der Waals surface area contributed by atoms with Gasteiger partial charge in [0.15, 0.2) is 8.68 Å². The third-order valence-electron chi connectivity index (χ3n) is 3.05. The molecule has 0 aliphatic carbocycles. The summed E-state index contributed by atoms with van der Waals surface area (Å²) in [6.45, 7) is 0. The molecule has 4 rings (SSSR count). The average molecular weight is 363 g/mol. The number of fused-ring (bicyclic) bond motifs is 2. The van der Waals surface area contributed by atoms with Gasteiger partial charge in [0.05, 0.1) is 20.8 Å². The zero-order valence-electron chi connectivity index (χ0n) is 11.1. The van der Waals surface area contributed by atoms with E-state index in [9.17, 15) is 0 Å². The summed E-state index contributed by atoms with van der Waals surface area (Å²) in [5.41, 5.74) is 15.1. The van der Waals surface area contributed by atoms with Crippen molar-refractivity contribution >= 4 is 76.1 Å². The topological polar surface area (TPSA) is 77.8 Å². The van der Waals surface area contributed by atoms with Crippen LogP contribution in [0.15, 0.2) is 45.1 Å². The first-order valence-electron chi connectivity index (χ1n) is 6.35. The second-order valence-corrected chi connectivity index (χ2v) is 9.20. The van der Waals surface area contributed by atoms with E-state index in [1.54, 1.807) is 44.3 Å². The molecule has 0 spiro atoms. The number of hydrogen-bond donors (Lipinski definition) is 2. The minimum absolute atomic E-state index is 0.721. The van der Waals surface area contributed by atoms with E-state index in [4.69, 9.17) is 11.5 Å². The van der Waals surface area contributed by atoms with E-state index in [0.717, 1.165) is 40.5 Å². The van der Waals surface area contributed by atoms with Crippen molar-refractivity contribution in [2.75, 3.05) is 11.5 Å². The number of rotatable bonds is 3. The number of benzene rings is 2. The lowest BCUT2D eigenvalue weighted by Crippen LogP contribution is -1.84. The summed E-state index contributed by atoms with van der Waals surface area (Å²) in [4.78, 5) is 9.17. The van der Waals surface area contributed by atoms with Crippen LogP contribution < -0.4 is 11.5 Å². The van der Waals surface area contributed by atoms with Crippen LogP contribution >= 0.6 is 44.3 Å². The number of anilines is 2. The first kappa shape index (κ1) is 14.1. The number of hydrogen-bond acceptors (Lipinski definition) is 8. The molecule has 4 aromatic rings. The fourth-order valence-electron chi connectivity index (χ4n) is 2.04. The molecule has 4 nitrogen and oxygen atoms in total. The zero-order chi connectivity index (χ0) is 15.1. The largest absolute Gasteiger partial charge is 0.397 e. The molecule has 4 N–H and O–H groups in total. The molecule has 0 amide bonds. The molecule has 0 atom stereocenters. The maximum Gasteiger partial charge on any atom is 0.162 e. The van der Waals surface area contributed by atoms with Crippen LogP contribution in [0.5, 0.6) is 0 Å². The van der Waals surface area contributed by atoms with E-state index in [-0.39, 0.29) is 0 Å². The molecular formula is C14H10N4S4. The van der Waals surface area contributed by atoms with E-state index in [1.165, 1.54) is 0 Å². The van der Waals surface area contributed by atoms with E-state index in [2.05, 4.69) is 9.97 Å². The molecule has 0 saturated heterocycles. The van der Waals surface area contributed by atoms with Crippen LogP contribution in [0.1, 0.15) is 0 Å². The molecule has 2 aromatic heterocycles. The van der Waals surface area contributed by atoms with Gasteiger partial charge in [0.25, 0.3) is 0 Å². The lowest BCUT2D eigenvalue weighted by atomic mass is 10.3. The summed E-state index contributed by atoms with van der Waals surface area (Å²) in [7, 11) is 3.21.